The van der Waals surface area contributed by atoms with Crippen LogP contribution in [0, 0.1) is 0 Å². The van der Waals surface area contributed by atoms with Gasteiger partial charge in [-0.05, 0) is 42.0 Å². The Morgan fingerprint density at radius 1 is 1.00 bits per heavy atom. The van der Waals surface area contributed by atoms with Crippen LogP contribution in [0.5, 0.6) is 0 Å². The fraction of sp³-hybridized carbons (Fsp3) is 0.133. The van der Waals surface area contributed by atoms with Crippen molar-refractivity contribution in [1.82, 2.24) is 4.90 Å². The molecule has 0 radical (unpaired) electrons. The van der Waals surface area contributed by atoms with Gasteiger partial charge in [0.25, 0.3) is 5.91 Å². The molecule has 0 spiro atoms. The zero-order valence-electron chi connectivity index (χ0n) is 11.0. The van der Waals surface area contributed by atoms with E-state index in [1.54, 1.807) is 48.3 Å². The number of carbonyl (C=O) groups is 1. The minimum absolute atomic E-state index is 0.130. The van der Waals surface area contributed by atoms with Gasteiger partial charge in [-0.2, -0.15) is 0 Å². The summed E-state index contributed by atoms with van der Waals surface area (Å²) < 4.78 is 0.762. The van der Waals surface area contributed by atoms with Crippen LogP contribution in [0.3, 0.4) is 0 Å². The maximum atomic E-state index is 12.4. The van der Waals surface area contributed by atoms with Crippen LogP contribution in [-0.4, -0.2) is 17.9 Å². The highest BCUT2D eigenvalue weighted by molar-refractivity contribution is 9.10. The van der Waals surface area contributed by atoms with Crippen LogP contribution in [0.25, 0.3) is 0 Å². The van der Waals surface area contributed by atoms with Crippen LogP contribution >= 0.6 is 50.7 Å². The highest BCUT2D eigenvalue weighted by Crippen LogP contribution is 2.22. The van der Waals surface area contributed by atoms with Gasteiger partial charge in [0.15, 0.2) is 0 Å². The van der Waals surface area contributed by atoms with Crippen LogP contribution in [0.1, 0.15) is 15.9 Å². The first-order valence-corrected chi connectivity index (χ1v) is 7.94. The second kappa shape index (κ2) is 7.01. The first-order valence-electron chi connectivity index (χ1n) is 6.01. The Balaban J connectivity index is 2.19. The van der Waals surface area contributed by atoms with E-state index in [9.17, 15) is 4.79 Å². The van der Waals surface area contributed by atoms with Crippen molar-refractivity contribution in [2.24, 2.45) is 0 Å². The normalized spacial score (nSPS) is 10.5. The highest BCUT2D eigenvalue weighted by atomic mass is 79.9. The Labute approximate surface area is 146 Å². The third kappa shape index (κ3) is 4.62. The molecule has 0 fully saturated rings. The van der Waals surface area contributed by atoms with Gasteiger partial charge in [0.1, 0.15) is 0 Å². The lowest BCUT2D eigenvalue weighted by molar-refractivity contribution is 0.0785. The first kappa shape index (κ1) is 16.6. The van der Waals surface area contributed by atoms with Gasteiger partial charge in [0, 0.05) is 38.7 Å². The molecule has 21 heavy (non-hydrogen) atoms. The molecule has 0 aliphatic rings. The molecular weight excluding hydrogens is 396 g/mol. The molecule has 0 heterocycles. The second-order valence-electron chi connectivity index (χ2n) is 4.60. The Hall–Kier alpha value is -0.740. The zero-order valence-corrected chi connectivity index (χ0v) is 14.9. The maximum Gasteiger partial charge on any atom is 0.253 e. The first-order chi connectivity index (χ1) is 9.85. The molecule has 0 aromatic heterocycles. The van der Waals surface area contributed by atoms with E-state index in [0.717, 1.165) is 10.0 Å². The topological polar surface area (TPSA) is 20.3 Å². The van der Waals surface area contributed by atoms with Crippen LogP contribution in [-0.2, 0) is 6.54 Å². The number of nitrogens with zero attached hydrogens (tertiary/aromatic N) is 1. The summed E-state index contributed by atoms with van der Waals surface area (Å²) in [5, 5.41) is 1.60. The van der Waals surface area contributed by atoms with Crippen LogP contribution < -0.4 is 0 Å². The van der Waals surface area contributed by atoms with E-state index in [1.807, 2.05) is 0 Å². The average Bonchev–Trinajstić information content (AvgIpc) is 2.35. The molecule has 1 amide bonds. The largest absolute Gasteiger partial charge is 0.337 e. The van der Waals surface area contributed by atoms with E-state index in [-0.39, 0.29) is 5.91 Å². The molecule has 0 aliphatic carbocycles. The van der Waals surface area contributed by atoms with Gasteiger partial charge in [0.2, 0.25) is 0 Å². The molecule has 2 rings (SSSR count). The number of benzene rings is 2. The number of amides is 1. The zero-order chi connectivity index (χ0) is 15.6. The quantitative estimate of drug-likeness (QED) is 0.641. The summed E-state index contributed by atoms with van der Waals surface area (Å²) in [4.78, 5) is 14.0. The van der Waals surface area contributed by atoms with Crippen molar-refractivity contribution in [3.63, 3.8) is 0 Å². The summed E-state index contributed by atoms with van der Waals surface area (Å²) >= 11 is 21.2. The standard InChI is InChI=1S/C15H11BrCl3NO/c1-20(8-9-2-12(17)7-13(18)3-9)15(21)10-4-11(16)6-14(19)5-10/h2-7H,8H2,1H3. The number of hydrogen-bond donors (Lipinski definition) is 0. The molecule has 0 bridgehead atoms. The van der Waals surface area contributed by atoms with Crippen LogP contribution in [0.15, 0.2) is 40.9 Å². The van der Waals surface area contributed by atoms with Crippen molar-refractivity contribution in [3.05, 3.63) is 67.1 Å². The second-order valence-corrected chi connectivity index (χ2v) is 6.82. The van der Waals surface area contributed by atoms with E-state index in [1.165, 1.54) is 0 Å². The number of hydrogen-bond acceptors (Lipinski definition) is 1. The third-order valence-electron chi connectivity index (χ3n) is 2.80. The van der Waals surface area contributed by atoms with E-state index in [0.29, 0.717) is 27.2 Å². The lowest BCUT2D eigenvalue weighted by atomic mass is 10.1. The van der Waals surface area contributed by atoms with Gasteiger partial charge >= 0.3 is 0 Å². The fourth-order valence-electron chi connectivity index (χ4n) is 1.95. The van der Waals surface area contributed by atoms with Crippen molar-refractivity contribution in [1.29, 1.82) is 0 Å². The summed E-state index contributed by atoms with van der Waals surface area (Å²) in [6.07, 6.45) is 0. The van der Waals surface area contributed by atoms with Gasteiger partial charge in [0.05, 0.1) is 0 Å². The lowest BCUT2D eigenvalue weighted by Crippen LogP contribution is -2.26. The van der Waals surface area contributed by atoms with Crippen molar-refractivity contribution in [2.75, 3.05) is 7.05 Å². The van der Waals surface area contributed by atoms with Gasteiger partial charge in [-0.3, -0.25) is 4.79 Å². The van der Waals surface area contributed by atoms with Crippen molar-refractivity contribution in [2.45, 2.75) is 6.54 Å². The molecule has 0 unspecified atom stereocenters. The summed E-state index contributed by atoms with van der Waals surface area (Å²) in [7, 11) is 1.71. The van der Waals surface area contributed by atoms with E-state index >= 15 is 0 Å². The monoisotopic (exact) mass is 405 g/mol. The smallest absolute Gasteiger partial charge is 0.253 e. The Morgan fingerprint density at radius 2 is 1.57 bits per heavy atom. The molecule has 2 nitrogen and oxygen atoms in total. The molecule has 0 saturated heterocycles. The van der Waals surface area contributed by atoms with Crippen molar-refractivity contribution >= 4 is 56.6 Å². The van der Waals surface area contributed by atoms with Crippen molar-refractivity contribution < 1.29 is 4.79 Å². The van der Waals surface area contributed by atoms with Crippen LogP contribution in [0.2, 0.25) is 15.1 Å². The molecule has 0 atom stereocenters. The predicted molar refractivity (Wildman–Crippen MR) is 91.4 cm³/mol. The number of carbonyl (C=O) groups excluding carboxylic acids is 1. The minimum atomic E-state index is -0.130. The molecule has 0 saturated carbocycles. The Bertz CT molecular complexity index is 650. The predicted octanol–water partition coefficient (Wildman–Crippen LogP) is 5.68. The molecule has 6 heteroatoms. The molecule has 2 aromatic carbocycles. The summed E-state index contributed by atoms with van der Waals surface area (Å²) in [5.74, 6) is -0.130. The van der Waals surface area contributed by atoms with Crippen molar-refractivity contribution in [3.8, 4) is 0 Å². The Kier molecular flexibility index (Phi) is 5.55. The summed E-state index contributed by atoms with van der Waals surface area (Å²) in [6.45, 7) is 0.406. The molecule has 2 aromatic rings. The maximum absolute atomic E-state index is 12.4. The average molecular weight is 408 g/mol. The molecule has 110 valence electrons. The van der Waals surface area contributed by atoms with Gasteiger partial charge in [-0.25, -0.2) is 0 Å². The van der Waals surface area contributed by atoms with E-state index < -0.39 is 0 Å². The third-order valence-corrected chi connectivity index (χ3v) is 3.91. The molecule has 0 aliphatic heterocycles. The minimum Gasteiger partial charge on any atom is -0.337 e. The summed E-state index contributed by atoms with van der Waals surface area (Å²) in [6, 6.07) is 10.3. The SMILES string of the molecule is CN(Cc1cc(Cl)cc(Cl)c1)C(=O)c1cc(Cl)cc(Br)c1. The van der Waals surface area contributed by atoms with E-state index in [2.05, 4.69) is 15.9 Å². The van der Waals surface area contributed by atoms with Gasteiger partial charge < -0.3 is 4.90 Å². The van der Waals surface area contributed by atoms with E-state index in [4.69, 9.17) is 34.8 Å². The van der Waals surface area contributed by atoms with Gasteiger partial charge in [-0.15, -0.1) is 0 Å². The Morgan fingerprint density at radius 3 is 2.14 bits per heavy atom. The molecule has 0 N–H and O–H groups in total. The van der Waals surface area contributed by atoms with Crippen LogP contribution in [0.4, 0.5) is 0 Å². The number of halogens is 4. The molecular formula is C15H11BrCl3NO. The fourth-order valence-corrected chi connectivity index (χ4v) is 3.38. The number of rotatable bonds is 3. The lowest BCUT2D eigenvalue weighted by Gasteiger charge is -2.18. The highest BCUT2D eigenvalue weighted by Gasteiger charge is 2.14. The van der Waals surface area contributed by atoms with Gasteiger partial charge in [-0.1, -0.05) is 50.7 Å². The summed E-state index contributed by atoms with van der Waals surface area (Å²) in [5.41, 5.74) is 1.38.